The number of nitrogens with zero attached hydrogens (tertiary/aromatic N) is 3. The lowest BCUT2D eigenvalue weighted by Gasteiger charge is -2.13. The minimum absolute atomic E-state index is 0.868. The highest BCUT2D eigenvalue weighted by atomic mass is 16.3. The Morgan fingerprint density at radius 2 is 0.703 bits per heavy atom. The zero-order valence-corrected chi connectivity index (χ0v) is 34.6. The Labute approximate surface area is 367 Å². The van der Waals surface area contributed by atoms with Gasteiger partial charge in [0, 0.05) is 49.1 Å². The highest BCUT2D eigenvalue weighted by Crippen LogP contribution is 2.44. The molecule has 4 nitrogen and oxygen atoms in total. The molecular weight excluding hydrogens is 779 g/mol. The Kier molecular flexibility index (Phi) is 7.36. The Morgan fingerprint density at radius 1 is 0.266 bits per heavy atom. The van der Waals surface area contributed by atoms with Gasteiger partial charge in [0.2, 0.25) is 0 Å². The fourth-order valence-corrected chi connectivity index (χ4v) is 10.7. The topological polar surface area (TPSA) is 27.9 Å². The molecule has 0 amide bonds. The molecule has 64 heavy (non-hydrogen) atoms. The van der Waals surface area contributed by atoms with E-state index in [1.54, 1.807) is 0 Å². The van der Waals surface area contributed by atoms with E-state index in [4.69, 9.17) is 4.42 Å². The molecule has 0 fully saturated rings. The minimum atomic E-state index is 0.868. The van der Waals surface area contributed by atoms with Gasteiger partial charge in [0.25, 0.3) is 0 Å². The third-order valence-corrected chi connectivity index (χ3v) is 13.4. The second-order valence-corrected chi connectivity index (χ2v) is 16.9. The number of hydrogen-bond donors (Lipinski definition) is 0. The third kappa shape index (κ3) is 4.99. The number of rotatable bonds is 5. The van der Waals surface area contributed by atoms with Crippen LogP contribution in [0.3, 0.4) is 0 Å². The standard InChI is InChI=1S/C60H37N3O/c1-2-15-38(16-3-1)39-17-12-18-40(35-39)43-23-13-29-57-59(43)60-56(28-14-30-58(60)64-57)63-53-27-11-7-22-47(53)49-37-42(32-34-55(49)63)62-52-26-10-6-21-46(52)48-36-41(31-33-54(48)62)61-50-24-8-4-19-44(50)45-20-5-9-25-51(45)61/h1-37H. The largest absolute Gasteiger partial charge is 0.456 e. The summed E-state index contributed by atoms with van der Waals surface area (Å²) >= 11 is 0. The van der Waals surface area contributed by atoms with Gasteiger partial charge in [-0.2, -0.15) is 0 Å². The van der Waals surface area contributed by atoms with Crippen molar-refractivity contribution in [2.24, 2.45) is 0 Å². The summed E-state index contributed by atoms with van der Waals surface area (Å²) in [6.07, 6.45) is 0. The first-order chi connectivity index (χ1) is 31.8. The van der Waals surface area contributed by atoms with Crippen molar-refractivity contribution in [1.29, 1.82) is 0 Å². The van der Waals surface area contributed by atoms with Crippen LogP contribution in [0.1, 0.15) is 0 Å². The average molecular weight is 816 g/mol. The molecule has 14 aromatic rings. The molecule has 0 N–H and O–H groups in total. The zero-order chi connectivity index (χ0) is 41.9. The van der Waals surface area contributed by atoms with Gasteiger partial charge in [0.05, 0.1) is 44.2 Å². The van der Waals surface area contributed by atoms with Crippen LogP contribution in [0.25, 0.3) is 127 Å². The van der Waals surface area contributed by atoms with Gasteiger partial charge in [0.15, 0.2) is 0 Å². The van der Waals surface area contributed by atoms with Gasteiger partial charge in [-0.1, -0.05) is 140 Å². The molecule has 4 heteroatoms. The molecule has 0 bridgehead atoms. The van der Waals surface area contributed by atoms with Crippen molar-refractivity contribution in [3.05, 3.63) is 224 Å². The SMILES string of the molecule is c1ccc(-c2cccc(-c3cccc4oc5cccc(-n6c7ccccc7c7cc(-n8c9ccccc9c9cc(-n%10c%11ccccc%11c%11ccccc%11%10)ccc98)ccc76)c5c34)c2)cc1. The Hall–Kier alpha value is -8.60. The highest BCUT2D eigenvalue weighted by Gasteiger charge is 2.22. The van der Waals surface area contributed by atoms with Crippen molar-refractivity contribution < 1.29 is 4.42 Å². The Balaban J connectivity index is 0.974. The summed E-state index contributed by atoms with van der Waals surface area (Å²) in [5.74, 6) is 0. The second kappa shape index (κ2) is 13.4. The van der Waals surface area contributed by atoms with Crippen LogP contribution in [0.15, 0.2) is 229 Å². The smallest absolute Gasteiger partial charge is 0.137 e. The molecule has 0 unspecified atom stereocenters. The van der Waals surface area contributed by atoms with Gasteiger partial charge >= 0.3 is 0 Å². The molecule has 4 heterocycles. The lowest BCUT2D eigenvalue weighted by Crippen LogP contribution is -1.97. The van der Waals surface area contributed by atoms with Gasteiger partial charge < -0.3 is 18.1 Å². The van der Waals surface area contributed by atoms with Crippen LogP contribution < -0.4 is 0 Å². The number of fused-ring (bicyclic) bond motifs is 12. The lowest BCUT2D eigenvalue weighted by molar-refractivity contribution is 0.669. The molecule has 298 valence electrons. The lowest BCUT2D eigenvalue weighted by atomic mass is 9.95. The second-order valence-electron chi connectivity index (χ2n) is 16.9. The third-order valence-electron chi connectivity index (χ3n) is 13.4. The molecular formula is C60H37N3O. The van der Waals surface area contributed by atoms with E-state index in [9.17, 15) is 0 Å². The van der Waals surface area contributed by atoms with E-state index in [1.165, 1.54) is 65.5 Å². The first kappa shape index (κ1) is 35.0. The maximum absolute atomic E-state index is 6.70. The first-order valence-corrected chi connectivity index (χ1v) is 21.9. The highest BCUT2D eigenvalue weighted by molar-refractivity contribution is 6.19. The predicted octanol–water partition coefficient (Wildman–Crippen LogP) is 16.2. The van der Waals surface area contributed by atoms with Crippen molar-refractivity contribution in [3.8, 4) is 39.3 Å². The van der Waals surface area contributed by atoms with Gasteiger partial charge in [-0.3, -0.25) is 0 Å². The number of benzene rings is 10. The van der Waals surface area contributed by atoms with Crippen LogP contribution in [0.5, 0.6) is 0 Å². The molecule has 0 aliphatic carbocycles. The first-order valence-electron chi connectivity index (χ1n) is 21.9. The Morgan fingerprint density at radius 3 is 1.31 bits per heavy atom. The summed E-state index contributed by atoms with van der Waals surface area (Å²) < 4.78 is 14.0. The summed E-state index contributed by atoms with van der Waals surface area (Å²) in [5, 5.41) is 9.60. The molecule has 4 aromatic heterocycles. The van der Waals surface area contributed by atoms with E-state index >= 15 is 0 Å². The quantitative estimate of drug-likeness (QED) is 0.170. The van der Waals surface area contributed by atoms with E-state index in [1.807, 2.05) is 0 Å². The summed E-state index contributed by atoms with van der Waals surface area (Å²) in [5.41, 5.74) is 16.9. The fraction of sp³-hybridized carbons (Fsp3) is 0. The van der Waals surface area contributed by atoms with Crippen molar-refractivity contribution in [2.75, 3.05) is 0 Å². The number of furan rings is 1. The maximum atomic E-state index is 6.70. The molecule has 0 saturated heterocycles. The summed E-state index contributed by atoms with van der Waals surface area (Å²) in [6.45, 7) is 0. The maximum Gasteiger partial charge on any atom is 0.137 e. The van der Waals surface area contributed by atoms with Crippen molar-refractivity contribution >= 4 is 87.4 Å². The molecule has 0 aliphatic heterocycles. The molecule has 0 spiro atoms. The van der Waals surface area contributed by atoms with Crippen LogP contribution in [0.4, 0.5) is 0 Å². The number of hydrogen-bond acceptors (Lipinski definition) is 1. The number of aromatic nitrogens is 3. The van der Waals surface area contributed by atoms with Crippen LogP contribution in [-0.2, 0) is 0 Å². The molecule has 0 atom stereocenters. The molecule has 0 saturated carbocycles. The zero-order valence-electron chi connectivity index (χ0n) is 34.6. The summed E-state index contributed by atoms with van der Waals surface area (Å²) in [6, 6.07) is 81.4. The molecule has 0 aliphatic rings. The van der Waals surface area contributed by atoms with Crippen LogP contribution in [0.2, 0.25) is 0 Å². The number of para-hydroxylation sites is 4. The van der Waals surface area contributed by atoms with Crippen molar-refractivity contribution in [3.63, 3.8) is 0 Å². The molecule has 0 radical (unpaired) electrons. The van der Waals surface area contributed by atoms with Crippen LogP contribution in [0, 0.1) is 0 Å². The summed E-state index contributed by atoms with van der Waals surface area (Å²) in [4.78, 5) is 0. The Bertz CT molecular complexity index is 4140. The van der Waals surface area contributed by atoms with E-state index < -0.39 is 0 Å². The van der Waals surface area contributed by atoms with E-state index in [-0.39, 0.29) is 0 Å². The van der Waals surface area contributed by atoms with Crippen molar-refractivity contribution in [2.45, 2.75) is 0 Å². The van der Waals surface area contributed by atoms with E-state index in [2.05, 4.69) is 238 Å². The minimum Gasteiger partial charge on any atom is -0.456 e. The monoisotopic (exact) mass is 815 g/mol. The van der Waals surface area contributed by atoms with Crippen molar-refractivity contribution in [1.82, 2.24) is 13.7 Å². The molecule has 10 aromatic carbocycles. The van der Waals surface area contributed by atoms with E-state index in [0.717, 1.165) is 61.2 Å². The van der Waals surface area contributed by atoms with E-state index in [0.29, 0.717) is 0 Å². The normalized spacial score (nSPS) is 12.1. The van der Waals surface area contributed by atoms with Gasteiger partial charge in [-0.25, -0.2) is 0 Å². The van der Waals surface area contributed by atoms with Gasteiger partial charge in [-0.05, 0) is 107 Å². The predicted molar refractivity (Wildman–Crippen MR) is 268 cm³/mol. The van der Waals surface area contributed by atoms with Gasteiger partial charge in [-0.15, -0.1) is 0 Å². The summed E-state index contributed by atoms with van der Waals surface area (Å²) in [7, 11) is 0. The van der Waals surface area contributed by atoms with Crippen LogP contribution in [-0.4, -0.2) is 13.7 Å². The van der Waals surface area contributed by atoms with Crippen LogP contribution >= 0.6 is 0 Å². The average Bonchev–Trinajstić information content (AvgIpc) is 4.10. The van der Waals surface area contributed by atoms with Gasteiger partial charge in [0.1, 0.15) is 11.2 Å². The molecule has 14 rings (SSSR count). The fourth-order valence-electron chi connectivity index (χ4n) is 10.7.